The number of aromatic nitrogens is 4. The van der Waals surface area contributed by atoms with E-state index in [0.717, 1.165) is 39.2 Å². The van der Waals surface area contributed by atoms with E-state index in [0.29, 0.717) is 18.5 Å². The second-order valence-electron chi connectivity index (χ2n) is 8.12. The largest absolute Gasteiger partial charge is 0.497 e. The first-order chi connectivity index (χ1) is 16.6. The molecule has 0 aliphatic carbocycles. The van der Waals surface area contributed by atoms with Crippen LogP contribution in [0.2, 0.25) is 0 Å². The van der Waals surface area contributed by atoms with Gasteiger partial charge in [0.25, 0.3) is 5.91 Å². The van der Waals surface area contributed by atoms with Gasteiger partial charge in [0.15, 0.2) is 0 Å². The Morgan fingerprint density at radius 2 is 1.74 bits per heavy atom. The highest BCUT2D eigenvalue weighted by atomic mass is 16.5. The molecule has 1 amide bonds. The van der Waals surface area contributed by atoms with E-state index >= 15 is 0 Å². The van der Waals surface area contributed by atoms with Gasteiger partial charge in [-0.3, -0.25) is 9.48 Å². The molecule has 0 aliphatic heterocycles. The Hall–Kier alpha value is -4.39. The minimum Gasteiger partial charge on any atom is -0.497 e. The first-order valence-electron chi connectivity index (χ1n) is 11.1. The summed E-state index contributed by atoms with van der Waals surface area (Å²) in [6.07, 6.45) is 4.11. The van der Waals surface area contributed by atoms with Gasteiger partial charge in [-0.15, -0.1) is 0 Å². The minimum atomic E-state index is -0.130. The Bertz CT molecular complexity index is 1440. The van der Waals surface area contributed by atoms with Crippen molar-refractivity contribution in [2.45, 2.75) is 13.0 Å². The smallest absolute Gasteiger partial charge is 0.255 e. The highest BCUT2D eigenvalue weighted by molar-refractivity contribution is 5.95. The van der Waals surface area contributed by atoms with E-state index in [1.165, 1.54) is 0 Å². The zero-order valence-corrected chi connectivity index (χ0v) is 19.1. The van der Waals surface area contributed by atoms with E-state index in [1.807, 2.05) is 78.6 Å². The molecule has 0 spiro atoms. The Morgan fingerprint density at radius 3 is 2.50 bits per heavy atom. The second kappa shape index (κ2) is 9.23. The average Bonchev–Trinajstić information content (AvgIpc) is 3.46. The van der Waals surface area contributed by atoms with Gasteiger partial charge in [-0.25, -0.2) is 4.68 Å². The molecule has 170 valence electrons. The fraction of sp³-hybridized carbons (Fsp3) is 0.148. The van der Waals surface area contributed by atoms with Crippen LogP contribution in [0.3, 0.4) is 0 Å². The molecule has 0 fully saturated rings. The second-order valence-corrected chi connectivity index (χ2v) is 8.12. The molecule has 0 aliphatic rings. The lowest BCUT2D eigenvalue weighted by molar-refractivity contribution is 0.0950. The SMILES string of the molecule is COc1ccc2c(cnn2-c2ccc(CNC(=O)c3cnn(C)c3Cc3ccccc3)cc2)c1. The zero-order chi connectivity index (χ0) is 23.5. The maximum Gasteiger partial charge on any atom is 0.255 e. The normalized spacial score (nSPS) is 11.0. The molecule has 2 aromatic heterocycles. The summed E-state index contributed by atoms with van der Waals surface area (Å²) in [5.74, 6) is 0.675. The molecule has 5 rings (SSSR count). The number of carbonyl (C=O) groups excluding carboxylic acids is 1. The average molecular weight is 452 g/mol. The molecule has 0 radical (unpaired) electrons. The minimum absolute atomic E-state index is 0.130. The standard InChI is InChI=1S/C27H25N5O2/c1-31-26(14-19-6-4-3-5-7-19)24(18-29-31)27(33)28-16-20-8-10-22(11-9-20)32-25-13-12-23(34-2)15-21(25)17-30-32/h3-13,15,17-18H,14,16H2,1-2H3,(H,28,33). The van der Waals surface area contributed by atoms with Gasteiger partial charge in [-0.2, -0.15) is 10.2 Å². The third-order valence-electron chi connectivity index (χ3n) is 5.93. The van der Waals surface area contributed by atoms with Crippen LogP contribution in [0.4, 0.5) is 0 Å². The van der Waals surface area contributed by atoms with Crippen molar-refractivity contribution in [3.63, 3.8) is 0 Å². The molecule has 5 aromatic rings. The number of hydrogen-bond donors (Lipinski definition) is 1. The van der Waals surface area contributed by atoms with Crippen molar-refractivity contribution in [3.8, 4) is 11.4 Å². The number of benzene rings is 3. The molecule has 0 unspecified atom stereocenters. The van der Waals surface area contributed by atoms with Gasteiger partial charge in [0.05, 0.1) is 42.0 Å². The summed E-state index contributed by atoms with van der Waals surface area (Å²) in [6, 6.07) is 24.0. The molecule has 2 heterocycles. The summed E-state index contributed by atoms with van der Waals surface area (Å²) in [5, 5.41) is 12.9. The Morgan fingerprint density at radius 1 is 0.941 bits per heavy atom. The molecule has 0 saturated heterocycles. The van der Waals surface area contributed by atoms with Crippen LogP contribution >= 0.6 is 0 Å². The predicted molar refractivity (Wildman–Crippen MR) is 131 cm³/mol. The van der Waals surface area contributed by atoms with Crippen LogP contribution in [0, 0.1) is 0 Å². The third kappa shape index (κ3) is 4.28. The van der Waals surface area contributed by atoms with Gasteiger partial charge < -0.3 is 10.1 Å². The summed E-state index contributed by atoms with van der Waals surface area (Å²) in [4.78, 5) is 12.9. The molecule has 3 aromatic carbocycles. The molecule has 1 N–H and O–H groups in total. The number of ether oxygens (including phenoxy) is 1. The van der Waals surface area contributed by atoms with Crippen molar-refractivity contribution in [2.24, 2.45) is 7.05 Å². The molecule has 0 bridgehead atoms. The van der Waals surface area contributed by atoms with E-state index in [9.17, 15) is 4.79 Å². The third-order valence-corrected chi connectivity index (χ3v) is 5.93. The number of hydrogen-bond acceptors (Lipinski definition) is 4. The molecular formula is C27H25N5O2. The lowest BCUT2D eigenvalue weighted by atomic mass is 10.1. The van der Waals surface area contributed by atoms with Gasteiger partial charge in [0, 0.05) is 25.4 Å². The van der Waals surface area contributed by atoms with Crippen molar-refractivity contribution >= 4 is 16.8 Å². The van der Waals surface area contributed by atoms with E-state index in [1.54, 1.807) is 18.0 Å². The summed E-state index contributed by atoms with van der Waals surface area (Å²) in [5.41, 5.74) is 5.59. The van der Waals surface area contributed by atoms with Crippen molar-refractivity contribution in [1.82, 2.24) is 24.9 Å². The summed E-state index contributed by atoms with van der Waals surface area (Å²) in [7, 11) is 3.52. The van der Waals surface area contributed by atoms with Crippen LogP contribution < -0.4 is 10.1 Å². The van der Waals surface area contributed by atoms with Crippen LogP contribution in [0.25, 0.3) is 16.6 Å². The monoisotopic (exact) mass is 451 g/mol. The van der Waals surface area contributed by atoms with E-state index in [-0.39, 0.29) is 5.91 Å². The van der Waals surface area contributed by atoms with Crippen molar-refractivity contribution in [1.29, 1.82) is 0 Å². The van der Waals surface area contributed by atoms with Gasteiger partial charge in [0.1, 0.15) is 5.75 Å². The van der Waals surface area contributed by atoms with Crippen LogP contribution in [0.5, 0.6) is 5.75 Å². The number of carbonyl (C=O) groups is 1. The topological polar surface area (TPSA) is 74.0 Å². The highest BCUT2D eigenvalue weighted by Gasteiger charge is 2.16. The number of aryl methyl sites for hydroxylation is 1. The van der Waals surface area contributed by atoms with Crippen LogP contribution in [0.1, 0.15) is 27.2 Å². The molecule has 0 atom stereocenters. The Balaban J connectivity index is 1.27. The van der Waals surface area contributed by atoms with Crippen LogP contribution in [-0.2, 0) is 20.0 Å². The van der Waals surface area contributed by atoms with Crippen molar-refractivity contribution in [3.05, 3.63) is 108 Å². The predicted octanol–water partition coefficient (Wildman–Crippen LogP) is 4.29. The van der Waals surface area contributed by atoms with Gasteiger partial charge in [-0.05, 0) is 41.5 Å². The molecule has 7 nitrogen and oxygen atoms in total. The van der Waals surface area contributed by atoms with Gasteiger partial charge in [-0.1, -0.05) is 42.5 Å². The number of fused-ring (bicyclic) bond motifs is 1. The fourth-order valence-corrected chi connectivity index (χ4v) is 4.03. The lowest BCUT2D eigenvalue weighted by Crippen LogP contribution is -2.24. The summed E-state index contributed by atoms with van der Waals surface area (Å²) >= 11 is 0. The highest BCUT2D eigenvalue weighted by Crippen LogP contribution is 2.23. The maximum atomic E-state index is 12.9. The lowest BCUT2D eigenvalue weighted by Gasteiger charge is -2.09. The first kappa shape index (κ1) is 21.5. The molecule has 0 saturated carbocycles. The number of nitrogens with one attached hydrogen (secondary N) is 1. The van der Waals surface area contributed by atoms with Crippen molar-refractivity contribution in [2.75, 3.05) is 7.11 Å². The maximum absolute atomic E-state index is 12.9. The van der Waals surface area contributed by atoms with E-state index < -0.39 is 0 Å². The number of rotatable bonds is 7. The van der Waals surface area contributed by atoms with Crippen LogP contribution in [0.15, 0.2) is 85.2 Å². The number of methoxy groups -OCH3 is 1. The number of amides is 1. The van der Waals surface area contributed by atoms with E-state index in [4.69, 9.17) is 4.74 Å². The van der Waals surface area contributed by atoms with Crippen molar-refractivity contribution < 1.29 is 9.53 Å². The first-order valence-corrected chi connectivity index (χ1v) is 11.1. The quantitative estimate of drug-likeness (QED) is 0.401. The molecule has 7 heteroatoms. The summed E-state index contributed by atoms with van der Waals surface area (Å²) in [6.45, 7) is 0.426. The van der Waals surface area contributed by atoms with Crippen LogP contribution in [-0.4, -0.2) is 32.6 Å². The zero-order valence-electron chi connectivity index (χ0n) is 19.1. The Labute approximate surface area is 197 Å². The van der Waals surface area contributed by atoms with E-state index in [2.05, 4.69) is 27.6 Å². The number of nitrogens with zero attached hydrogens (tertiary/aromatic N) is 4. The molecular weight excluding hydrogens is 426 g/mol. The van der Waals surface area contributed by atoms with Gasteiger partial charge in [0.2, 0.25) is 0 Å². The van der Waals surface area contributed by atoms with Gasteiger partial charge >= 0.3 is 0 Å². The summed E-state index contributed by atoms with van der Waals surface area (Å²) < 4.78 is 8.95. The Kier molecular flexibility index (Phi) is 5.82. The molecule has 34 heavy (non-hydrogen) atoms. The fourth-order valence-electron chi connectivity index (χ4n) is 4.03.